The van der Waals surface area contributed by atoms with Crippen LogP contribution in [0.2, 0.25) is 0 Å². The van der Waals surface area contributed by atoms with Crippen molar-refractivity contribution in [3.8, 4) is 0 Å². The Balaban J connectivity index is 2.05. The number of benzene rings is 1. The molecule has 0 aromatic heterocycles. The zero-order chi connectivity index (χ0) is 13.1. The largest absolute Gasteiger partial charge is 0.478 e. The predicted molar refractivity (Wildman–Crippen MR) is 76.1 cm³/mol. The first-order chi connectivity index (χ1) is 8.56. The van der Waals surface area contributed by atoms with Crippen LogP contribution in [0.3, 0.4) is 0 Å². The summed E-state index contributed by atoms with van der Waals surface area (Å²) in [7, 11) is 0. The lowest BCUT2D eigenvalue weighted by Gasteiger charge is -2.28. The van der Waals surface area contributed by atoms with Gasteiger partial charge in [0.25, 0.3) is 0 Å². The van der Waals surface area contributed by atoms with Gasteiger partial charge in [0.2, 0.25) is 0 Å². The van der Waals surface area contributed by atoms with Crippen LogP contribution in [-0.2, 0) is 0 Å². The molecule has 1 fully saturated rings. The number of anilines is 1. The Hall–Kier alpha value is -1.03. The van der Waals surface area contributed by atoms with E-state index < -0.39 is 5.97 Å². The zero-order valence-electron chi connectivity index (χ0n) is 10.4. The molecule has 0 spiro atoms. The molecular formula is C14H18BrNO2. The molecule has 2 rings (SSSR count). The van der Waals surface area contributed by atoms with Crippen molar-refractivity contribution in [2.24, 2.45) is 5.92 Å². The van der Waals surface area contributed by atoms with Crippen LogP contribution in [0.4, 0.5) is 5.69 Å². The second kappa shape index (κ2) is 5.74. The Bertz CT molecular complexity index is 447. The molecule has 0 aliphatic heterocycles. The summed E-state index contributed by atoms with van der Waals surface area (Å²) >= 11 is 3.30. The van der Waals surface area contributed by atoms with Crippen LogP contribution in [0.1, 0.15) is 43.0 Å². The van der Waals surface area contributed by atoms with Crippen LogP contribution in [0, 0.1) is 5.92 Å². The van der Waals surface area contributed by atoms with Crippen molar-refractivity contribution in [3.05, 3.63) is 28.2 Å². The van der Waals surface area contributed by atoms with E-state index in [-0.39, 0.29) is 0 Å². The molecule has 1 saturated carbocycles. The fraction of sp³-hybridized carbons (Fsp3) is 0.500. The molecule has 1 aromatic carbocycles. The van der Waals surface area contributed by atoms with E-state index in [1.165, 1.54) is 25.7 Å². The van der Waals surface area contributed by atoms with Gasteiger partial charge in [0, 0.05) is 16.2 Å². The lowest BCUT2D eigenvalue weighted by molar-refractivity contribution is 0.0696. The van der Waals surface area contributed by atoms with Crippen molar-refractivity contribution in [2.75, 3.05) is 5.32 Å². The minimum atomic E-state index is -0.903. The Morgan fingerprint density at radius 1 is 1.44 bits per heavy atom. The van der Waals surface area contributed by atoms with Crippen LogP contribution in [-0.4, -0.2) is 17.1 Å². The number of hydrogen-bond donors (Lipinski definition) is 2. The third-order valence-electron chi connectivity index (χ3n) is 3.51. The summed E-state index contributed by atoms with van der Waals surface area (Å²) in [5.74, 6) is -0.127. The highest BCUT2D eigenvalue weighted by Crippen LogP contribution is 2.28. The Labute approximate surface area is 116 Å². The number of carboxylic acid groups (broad SMARTS) is 1. The van der Waals surface area contributed by atoms with Gasteiger partial charge in [-0.15, -0.1) is 0 Å². The van der Waals surface area contributed by atoms with Crippen LogP contribution in [0.25, 0.3) is 0 Å². The summed E-state index contributed by atoms with van der Waals surface area (Å²) in [5, 5.41) is 12.5. The number of halogens is 1. The van der Waals surface area contributed by atoms with Crippen molar-refractivity contribution in [3.63, 3.8) is 0 Å². The Kier molecular flexibility index (Phi) is 4.27. The van der Waals surface area contributed by atoms with Crippen molar-refractivity contribution >= 4 is 27.6 Å². The van der Waals surface area contributed by atoms with E-state index >= 15 is 0 Å². The Morgan fingerprint density at radius 3 is 2.83 bits per heavy atom. The van der Waals surface area contributed by atoms with Crippen molar-refractivity contribution in [1.82, 2.24) is 0 Å². The zero-order valence-corrected chi connectivity index (χ0v) is 12.0. The summed E-state index contributed by atoms with van der Waals surface area (Å²) < 4.78 is 0.629. The molecular weight excluding hydrogens is 294 g/mol. The minimum Gasteiger partial charge on any atom is -0.478 e. The number of rotatable bonds is 3. The second-order valence-corrected chi connectivity index (χ2v) is 5.97. The lowest BCUT2D eigenvalue weighted by Crippen LogP contribution is -2.26. The first kappa shape index (κ1) is 13.4. The quantitative estimate of drug-likeness (QED) is 0.882. The SMILES string of the molecule is CC1CCCC(Nc2ccc(C(=O)O)c(Br)c2)C1. The average molecular weight is 312 g/mol. The highest BCUT2D eigenvalue weighted by atomic mass is 79.9. The molecule has 4 heteroatoms. The van der Waals surface area contributed by atoms with Gasteiger partial charge < -0.3 is 10.4 Å². The third kappa shape index (κ3) is 3.25. The van der Waals surface area contributed by atoms with Gasteiger partial charge in [-0.05, 0) is 52.9 Å². The average Bonchev–Trinajstić information content (AvgIpc) is 2.28. The van der Waals surface area contributed by atoms with E-state index in [0.29, 0.717) is 16.1 Å². The van der Waals surface area contributed by atoms with Crippen molar-refractivity contribution < 1.29 is 9.90 Å². The molecule has 2 atom stereocenters. The van der Waals surface area contributed by atoms with Crippen LogP contribution in [0.5, 0.6) is 0 Å². The van der Waals surface area contributed by atoms with E-state index in [4.69, 9.17) is 5.11 Å². The third-order valence-corrected chi connectivity index (χ3v) is 4.16. The molecule has 0 radical (unpaired) electrons. The van der Waals surface area contributed by atoms with Gasteiger partial charge in [0.15, 0.2) is 0 Å². The van der Waals surface area contributed by atoms with Gasteiger partial charge >= 0.3 is 5.97 Å². The van der Waals surface area contributed by atoms with E-state index in [0.717, 1.165) is 11.6 Å². The highest BCUT2D eigenvalue weighted by molar-refractivity contribution is 9.10. The van der Waals surface area contributed by atoms with Crippen LogP contribution < -0.4 is 5.32 Å². The lowest BCUT2D eigenvalue weighted by atomic mass is 9.87. The molecule has 98 valence electrons. The number of carbonyl (C=O) groups is 1. The molecule has 2 unspecified atom stereocenters. The second-order valence-electron chi connectivity index (χ2n) is 5.11. The maximum Gasteiger partial charge on any atom is 0.336 e. The number of carboxylic acids is 1. The standard InChI is InChI=1S/C14H18BrNO2/c1-9-3-2-4-10(7-9)16-11-5-6-12(14(17)18)13(15)8-11/h5-6,8-10,16H,2-4,7H2,1H3,(H,17,18). The van der Waals surface area contributed by atoms with E-state index in [1.807, 2.05) is 12.1 Å². The van der Waals surface area contributed by atoms with Crippen LogP contribution in [0.15, 0.2) is 22.7 Å². The summed E-state index contributed by atoms with van der Waals surface area (Å²) in [6.07, 6.45) is 4.98. The van der Waals surface area contributed by atoms with Gasteiger partial charge in [-0.1, -0.05) is 19.8 Å². The van der Waals surface area contributed by atoms with Crippen molar-refractivity contribution in [2.45, 2.75) is 38.6 Å². The molecule has 0 amide bonds. The topological polar surface area (TPSA) is 49.3 Å². The molecule has 1 aliphatic rings. The molecule has 0 bridgehead atoms. The fourth-order valence-corrected chi connectivity index (χ4v) is 3.13. The Morgan fingerprint density at radius 2 is 2.22 bits per heavy atom. The number of aromatic carboxylic acids is 1. The normalized spacial score (nSPS) is 23.7. The monoisotopic (exact) mass is 311 g/mol. The molecule has 0 heterocycles. The maximum absolute atomic E-state index is 10.9. The van der Waals surface area contributed by atoms with Gasteiger partial charge in [-0.25, -0.2) is 4.79 Å². The fourth-order valence-electron chi connectivity index (χ4n) is 2.58. The minimum absolute atomic E-state index is 0.303. The van der Waals surface area contributed by atoms with E-state index in [1.54, 1.807) is 6.07 Å². The summed E-state index contributed by atoms with van der Waals surface area (Å²) in [6, 6.07) is 5.84. The molecule has 18 heavy (non-hydrogen) atoms. The molecule has 2 N–H and O–H groups in total. The molecule has 1 aromatic rings. The molecule has 1 aliphatic carbocycles. The highest BCUT2D eigenvalue weighted by Gasteiger charge is 2.19. The van der Waals surface area contributed by atoms with Gasteiger partial charge in [-0.3, -0.25) is 0 Å². The first-order valence-electron chi connectivity index (χ1n) is 6.35. The van der Waals surface area contributed by atoms with Gasteiger partial charge in [0.1, 0.15) is 0 Å². The maximum atomic E-state index is 10.9. The van der Waals surface area contributed by atoms with E-state index in [2.05, 4.69) is 28.2 Å². The molecule has 0 saturated heterocycles. The summed E-state index contributed by atoms with van der Waals surface area (Å²) in [4.78, 5) is 10.9. The van der Waals surface area contributed by atoms with Crippen LogP contribution >= 0.6 is 15.9 Å². The van der Waals surface area contributed by atoms with E-state index in [9.17, 15) is 4.79 Å². The first-order valence-corrected chi connectivity index (χ1v) is 7.15. The summed E-state index contributed by atoms with van der Waals surface area (Å²) in [6.45, 7) is 2.29. The van der Waals surface area contributed by atoms with Gasteiger partial charge in [0.05, 0.1) is 5.56 Å². The molecule has 3 nitrogen and oxygen atoms in total. The number of hydrogen-bond acceptors (Lipinski definition) is 2. The number of nitrogens with one attached hydrogen (secondary N) is 1. The van der Waals surface area contributed by atoms with Gasteiger partial charge in [-0.2, -0.15) is 0 Å². The predicted octanol–water partition coefficient (Wildman–Crippen LogP) is 4.14. The smallest absolute Gasteiger partial charge is 0.336 e. The van der Waals surface area contributed by atoms with Crippen molar-refractivity contribution in [1.29, 1.82) is 0 Å². The summed E-state index contributed by atoms with van der Waals surface area (Å²) in [5.41, 5.74) is 1.29.